The molecular weight excluding hydrogens is 922 g/mol. The van der Waals surface area contributed by atoms with Crippen LogP contribution >= 0.6 is 0 Å². The molecule has 0 atom stereocenters. The van der Waals surface area contributed by atoms with Gasteiger partial charge in [0, 0.05) is 11.9 Å². The number of aromatic carboxylic acids is 4. The van der Waals surface area contributed by atoms with Crippen LogP contribution in [0, 0.1) is 93.8 Å². The van der Waals surface area contributed by atoms with E-state index in [1.54, 1.807) is 0 Å². The molecule has 2 aromatic heterocycles. The SMILES string of the molecule is O.O.O.O.O.O.O.O.O.O.O=C([O-])CCC(=O)[O-].O=C([O-])c1cc(C(=O)[O-])[nH]n1.O=C([O-])c1cc(C(=O)[O-])[nH]n1.[Yb+3].[Yb+3]. The molecule has 0 fully saturated rings. The van der Waals surface area contributed by atoms with Gasteiger partial charge in [0.1, 0.15) is 11.4 Å². The van der Waals surface area contributed by atoms with E-state index in [1.165, 1.54) is 0 Å². The Morgan fingerprint density at radius 3 is 0.786 bits per heavy atom. The summed E-state index contributed by atoms with van der Waals surface area (Å²) in [6.45, 7) is 0. The number of carbonyl (C=O) groups excluding carboxylic acids is 6. The van der Waals surface area contributed by atoms with Crippen molar-refractivity contribution in [3.63, 3.8) is 0 Å². The van der Waals surface area contributed by atoms with Gasteiger partial charge in [0.2, 0.25) is 0 Å². The number of aromatic nitrogens is 4. The molecule has 2 rings (SSSR count). The fraction of sp³-hybridized carbons (Fsp3) is 0.143. The average Bonchev–Trinajstić information content (AvgIpc) is 3.31. The van der Waals surface area contributed by atoms with Crippen molar-refractivity contribution in [3.05, 3.63) is 34.9 Å². The quantitative estimate of drug-likeness (QED) is 0.260. The van der Waals surface area contributed by atoms with Crippen molar-refractivity contribution in [3.8, 4) is 0 Å². The molecule has 0 aliphatic rings. The molecule has 0 aromatic carbocycles. The Balaban J connectivity index is -0.0000000241. The van der Waals surface area contributed by atoms with Gasteiger partial charge in [-0.2, -0.15) is 10.2 Å². The first kappa shape index (κ1) is 83.4. The van der Waals surface area contributed by atoms with Crippen LogP contribution in [-0.2, 0) is 9.59 Å². The number of nitrogens with one attached hydrogen (secondary N) is 2. The van der Waals surface area contributed by atoms with Crippen molar-refractivity contribution >= 4 is 35.8 Å². The summed E-state index contributed by atoms with van der Waals surface area (Å²) >= 11 is 0. The molecule has 2 heterocycles. The zero-order valence-electron chi connectivity index (χ0n) is 19.9. The Labute approximate surface area is 308 Å². The number of aliphatic carboxylic acids is 2. The maximum Gasteiger partial charge on any atom is 3.00 e. The number of carboxylic acids is 6. The third-order valence-corrected chi connectivity index (χ3v) is 2.55. The Kier molecular flexibility index (Phi) is 86.1. The number of nitrogens with zero attached hydrogens (tertiary/aromatic N) is 2. The largest absolute Gasteiger partial charge is 3.00 e. The van der Waals surface area contributed by atoms with Gasteiger partial charge in [0.15, 0.2) is 0 Å². The number of carboxylic acid groups (broad SMARTS) is 6. The second kappa shape index (κ2) is 43.3. The van der Waals surface area contributed by atoms with Crippen molar-refractivity contribution in [2.45, 2.75) is 12.8 Å². The Hall–Kier alpha value is -2.12. The van der Waals surface area contributed by atoms with Gasteiger partial charge in [-0.25, -0.2) is 0 Å². The van der Waals surface area contributed by atoms with Crippen LogP contribution in [0.15, 0.2) is 12.1 Å². The molecule has 0 aliphatic heterocycles. The van der Waals surface area contributed by atoms with Gasteiger partial charge in [-0.3, -0.25) is 10.2 Å². The molecule has 2 radical (unpaired) electrons. The minimum atomic E-state index is -1.53. The van der Waals surface area contributed by atoms with Crippen molar-refractivity contribution in [2.24, 2.45) is 0 Å². The molecule has 0 spiro atoms. The van der Waals surface area contributed by atoms with E-state index >= 15 is 0 Å². The number of rotatable bonds is 7. The van der Waals surface area contributed by atoms with Gasteiger partial charge in [-0.15, -0.1) is 0 Å². The summed E-state index contributed by atoms with van der Waals surface area (Å²) in [6.07, 6.45) is -0.940. The van der Waals surface area contributed by atoms with E-state index in [0.717, 1.165) is 12.1 Å². The zero-order chi connectivity index (χ0) is 23.4. The van der Waals surface area contributed by atoms with Crippen LogP contribution in [0.1, 0.15) is 54.8 Å². The van der Waals surface area contributed by atoms with Gasteiger partial charge >= 0.3 is 93.8 Å². The van der Waals surface area contributed by atoms with E-state index in [2.05, 4.69) is 10.2 Å². The van der Waals surface area contributed by atoms with Crippen LogP contribution in [0.5, 0.6) is 0 Å². The third kappa shape index (κ3) is 37.9. The first-order chi connectivity index (χ1) is 13.8. The smallest absolute Gasteiger partial charge is 0.550 e. The molecule has 26 nitrogen and oxygen atoms in total. The third-order valence-electron chi connectivity index (χ3n) is 2.55. The van der Waals surface area contributed by atoms with Crippen LogP contribution in [0.4, 0.5) is 0 Å². The second-order valence-corrected chi connectivity index (χ2v) is 4.73. The van der Waals surface area contributed by atoms with Crippen LogP contribution in [-0.4, -0.2) is 111 Å². The minimum absolute atomic E-state index is 0. The van der Waals surface area contributed by atoms with Crippen LogP contribution < -0.4 is 30.6 Å². The molecule has 0 saturated heterocycles. The summed E-state index contributed by atoms with van der Waals surface area (Å²) in [7, 11) is 0. The number of hydrogen-bond donors (Lipinski definition) is 2. The van der Waals surface area contributed by atoms with Gasteiger partial charge in [0.25, 0.3) is 0 Å². The Morgan fingerprint density at radius 1 is 0.476 bits per heavy atom. The molecular formula is C14H28N4O22Yb2. The maximum atomic E-state index is 10.0. The molecule has 0 amide bonds. The van der Waals surface area contributed by atoms with Gasteiger partial charge in [0.05, 0.1) is 35.3 Å². The van der Waals surface area contributed by atoms with Crippen molar-refractivity contribution in [1.82, 2.24) is 20.4 Å². The maximum absolute atomic E-state index is 10.0. The predicted octanol–water partition coefficient (Wildman–Crippen LogP) is -16.7. The van der Waals surface area contributed by atoms with Crippen molar-refractivity contribution in [2.75, 3.05) is 0 Å². The molecule has 0 unspecified atom stereocenters. The number of aromatic amines is 2. The van der Waals surface area contributed by atoms with E-state index in [0.29, 0.717) is 0 Å². The summed E-state index contributed by atoms with van der Waals surface area (Å²) in [5.74, 6) is -8.82. The summed E-state index contributed by atoms with van der Waals surface area (Å²) in [5, 5.41) is 69.3. The van der Waals surface area contributed by atoms with E-state index in [-0.39, 0.29) is 160 Å². The summed E-state index contributed by atoms with van der Waals surface area (Å²) in [6, 6.07) is 1.65. The first-order valence-corrected chi connectivity index (χ1v) is 7.21. The van der Waals surface area contributed by atoms with Gasteiger partial charge in [-0.05, 0) is 25.0 Å². The summed E-state index contributed by atoms with van der Waals surface area (Å²) in [5.41, 5.74) is -1.68. The molecule has 28 heteroatoms. The number of hydrogen-bond acceptors (Lipinski definition) is 14. The summed E-state index contributed by atoms with van der Waals surface area (Å²) < 4.78 is 0. The van der Waals surface area contributed by atoms with Crippen molar-refractivity contribution in [1.29, 1.82) is 0 Å². The molecule has 0 bridgehead atoms. The molecule has 0 aliphatic carbocycles. The molecule has 42 heavy (non-hydrogen) atoms. The molecule has 0 saturated carbocycles. The monoisotopic (exact) mass is 952 g/mol. The molecule has 2 aromatic rings. The molecule has 22 N–H and O–H groups in total. The van der Waals surface area contributed by atoms with Crippen LogP contribution in [0.2, 0.25) is 0 Å². The van der Waals surface area contributed by atoms with Crippen LogP contribution in [0.3, 0.4) is 0 Å². The average molecular weight is 950 g/mol. The fourth-order valence-electron chi connectivity index (χ4n) is 1.27. The normalized spacial score (nSPS) is 6.57. The topological polar surface area (TPSA) is 613 Å². The Morgan fingerprint density at radius 2 is 0.690 bits per heavy atom. The Bertz CT molecular complexity index is 833. The minimum Gasteiger partial charge on any atom is -0.550 e. The number of carbonyl (C=O) groups is 6. The first-order valence-electron chi connectivity index (χ1n) is 7.21. The fourth-order valence-corrected chi connectivity index (χ4v) is 1.27. The van der Waals surface area contributed by atoms with E-state index in [4.69, 9.17) is 0 Å². The second-order valence-electron chi connectivity index (χ2n) is 4.73. The van der Waals surface area contributed by atoms with E-state index in [1.807, 2.05) is 10.2 Å². The summed E-state index contributed by atoms with van der Waals surface area (Å²) in [4.78, 5) is 59.1. The van der Waals surface area contributed by atoms with Crippen LogP contribution in [0.25, 0.3) is 0 Å². The standard InChI is InChI=1S/2C5H4N2O4.C4H6O4.10H2O.2Yb/c2*8-4(9)2-1-3(5(10)11)7-6-2;5-3(6)1-2-4(7)8;;;;;;;;;;;;/h2*1H,(H,6,7)(H,8,9)(H,10,11);1-2H2,(H,5,6)(H,7,8);10*1H2;;/q;;;;;;;;;;;;;2*+3/p-6. The molecule has 264 valence electrons. The van der Waals surface area contributed by atoms with Crippen molar-refractivity contribution < 1.29 is 208 Å². The predicted molar refractivity (Wildman–Crippen MR) is 110 cm³/mol. The zero-order valence-corrected chi connectivity index (χ0v) is 23.3. The van der Waals surface area contributed by atoms with E-state index < -0.39 is 60.0 Å². The van der Waals surface area contributed by atoms with Gasteiger partial charge in [-0.1, -0.05) is 0 Å². The number of H-pyrrole nitrogens is 2. The van der Waals surface area contributed by atoms with E-state index in [9.17, 15) is 59.4 Å². The van der Waals surface area contributed by atoms with Gasteiger partial charge < -0.3 is 114 Å².